The van der Waals surface area contributed by atoms with Gasteiger partial charge in [-0.05, 0) is 36.6 Å². The number of aromatic nitrogens is 1. The highest BCUT2D eigenvalue weighted by molar-refractivity contribution is 9.10. The van der Waals surface area contributed by atoms with Gasteiger partial charge in [-0.2, -0.15) is 0 Å². The number of benzene rings is 1. The molecule has 0 radical (unpaired) electrons. The summed E-state index contributed by atoms with van der Waals surface area (Å²) in [7, 11) is 0. The van der Waals surface area contributed by atoms with Crippen molar-refractivity contribution in [1.82, 2.24) is 20.9 Å². The molecule has 0 aliphatic heterocycles. The minimum Gasteiger partial charge on any atom is -0.465 e. The molecule has 0 aliphatic rings. The van der Waals surface area contributed by atoms with Crippen LogP contribution in [0.1, 0.15) is 18.4 Å². The summed E-state index contributed by atoms with van der Waals surface area (Å²) in [5, 5.41) is 25.7. The van der Waals surface area contributed by atoms with Crippen molar-refractivity contribution in [3.05, 3.63) is 34.4 Å². The number of fused-ring (bicyclic) bond motifs is 1. The number of hydrogen-bond acceptors (Lipinski definition) is 3. The van der Waals surface area contributed by atoms with Crippen LogP contribution in [-0.4, -0.2) is 52.4 Å². The Bertz CT molecular complexity index is 823. The van der Waals surface area contributed by atoms with Crippen LogP contribution in [0.2, 0.25) is 0 Å². The monoisotopic (exact) mass is 440 g/mol. The Kier molecular flexibility index (Phi) is 7.47. The van der Waals surface area contributed by atoms with Gasteiger partial charge in [0.05, 0.1) is 6.42 Å². The maximum Gasteiger partial charge on any atom is 0.404 e. The summed E-state index contributed by atoms with van der Waals surface area (Å²) >= 11 is 3.41. The van der Waals surface area contributed by atoms with Gasteiger partial charge in [-0.15, -0.1) is 0 Å². The van der Waals surface area contributed by atoms with Crippen LogP contribution in [0.4, 0.5) is 9.59 Å². The topological polar surface area (TPSA) is 144 Å². The molecule has 6 N–H and O–H groups in total. The smallest absolute Gasteiger partial charge is 0.404 e. The molecule has 0 bridgehead atoms. The second kappa shape index (κ2) is 9.81. The van der Waals surface area contributed by atoms with E-state index in [9.17, 15) is 14.4 Å². The lowest BCUT2D eigenvalue weighted by molar-refractivity contribution is -0.120. The lowest BCUT2D eigenvalue weighted by Gasteiger charge is -2.17. The maximum atomic E-state index is 12.2. The van der Waals surface area contributed by atoms with Gasteiger partial charge in [0, 0.05) is 40.7 Å². The van der Waals surface area contributed by atoms with E-state index in [1.165, 1.54) is 0 Å². The van der Waals surface area contributed by atoms with Crippen LogP contribution in [0.3, 0.4) is 0 Å². The third-order valence-corrected chi connectivity index (χ3v) is 4.45. The molecule has 0 saturated heterocycles. The highest BCUT2D eigenvalue weighted by atomic mass is 79.9. The van der Waals surface area contributed by atoms with E-state index < -0.39 is 18.2 Å². The van der Waals surface area contributed by atoms with E-state index in [0.717, 1.165) is 20.9 Å². The van der Waals surface area contributed by atoms with Crippen LogP contribution in [0.25, 0.3) is 10.9 Å². The van der Waals surface area contributed by atoms with Gasteiger partial charge in [-0.3, -0.25) is 4.79 Å². The Balaban J connectivity index is 1.87. The summed E-state index contributed by atoms with van der Waals surface area (Å²) in [6, 6.07) is 5.25. The number of hydrogen-bond donors (Lipinski definition) is 6. The molecule has 0 aliphatic carbocycles. The predicted octanol–water partition coefficient (Wildman–Crippen LogP) is 2.27. The van der Waals surface area contributed by atoms with Gasteiger partial charge in [0.1, 0.15) is 0 Å². The average Bonchev–Trinajstić information content (AvgIpc) is 2.97. The molecule has 2 rings (SSSR count). The van der Waals surface area contributed by atoms with E-state index in [1.807, 2.05) is 18.2 Å². The van der Waals surface area contributed by atoms with E-state index in [2.05, 4.69) is 36.9 Å². The first kappa shape index (κ1) is 20.6. The lowest BCUT2D eigenvalue weighted by atomic mass is 10.1. The normalized spacial score (nSPS) is 11.7. The number of aromatic amines is 1. The van der Waals surface area contributed by atoms with Crippen molar-refractivity contribution in [3.8, 4) is 0 Å². The number of carbonyl (C=O) groups excluding carboxylic acids is 1. The zero-order valence-corrected chi connectivity index (χ0v) is 16.0. The first-order valence-electron chi connectivity index (χ1n) is 8.33. The van der Waals surface area contributed by atoms with Gasteiger partial charge < -0.3 is 31.1 Å². The van der Waals surface area contributed by atoms with Gasteiger partial charge in [0.25, 0.3) is 0 Å². The van der Waals surface area contributed by atoms with Crippen molar-refractivity contribution in [3.63, 3.8) is 0 Å². The van der Waals surface area contributed by atoms with Crippen LogP contribution in [0.5, 0.6) is 0 Å². The Hall–Kier alpha value is -2.75. The van der Waals surface area contributed by atoms with Crippen molar-refractivity contribution < 1.29 is 24.6 Å². The first-order valence-corrected chi connectivity index (χ1v) is 9.13. The van der Waals surface area contributed by atoms with Crippen LogP contribution < -0.4 is 16.0 Å². The summed E-state index contributed by atoms with van der Waals surface area (Å²) in [6.45, 7) is 0.343. The second-order valence-corrected chi connectivity index (χ2v) is 6.92. The molecule has 10 heteroatoms. The van der Waals surface area contributed by atoms with Gasteiger partial charge in [-0.25, -0.2) is 9.59 Å². The molecular weight excluding hydrogens is 420 g/mol. The molecule has 3 amide bonds. The predicted molar refractivity (Wildman–Crippen MR) is 103 cm³/mol. The van der Waals surface area contributed by atoms with E-state index in [-0.39, 0.29) is 25.4 Å². The van der Waals surface area contributed by atoms with Crippen LogP contribution in [0, 0.1) is 0 Å². The lowest BCUT2D eigenvalue weighted by Crippen LogP contribution is -2.43. The number of carboxylic acid groups (broad SMARTS) is 2. The highest BCUT2D eigenvalue weighted by Crippen LogP contribution is 2.23. The third-order valence-electron chi connectivity index (χ3n) is 3.96. The molecule has 9 nitrogen and oxygen atoms in total. The van der Waals surface area contributed by atoms with E-state index >= 15 is 0 Å². The molecule has 1 atom stereocenters. The molecular formula is C17H21BrN4O5. The molecule has 146 valence electrons. The van der Waals surface area contributed by atoms with Gasteiger partial charge >= 0.3 is 12.2 Å². The highest BCUT2D eigenvalue weighted by Gasteiger charge is 2.14. The van der Waals surface area contributed by atoms with Crippen LogP contribution >= 0.6 is 15.9 Å². The fraction of sp³-hybridized carbons (Fsp3) is 0.353. The number of amides is 3. The minimum atomic E-state index is -1.19. The van der Waals surface area contributed by atoms with Gasteiger partial charge in [-0.1, -0.05) is 15.9 Å². The summed E-state index contributed by atoms with van der Waals surface area (Å²) in [6.07, 6.45) is 0.465. The SMILES string of the molecule is O=C(O)NCCC[C@@H](CNC(=O)Cc1c[nH]c2ccc(Br)cc12)NC(=O)O. The summed E-state index contributed by atoms with van der Waals surface area (Å²) in [5.74, 6) is -0.225. The molecule has 0 saturated carbocycles. The minimum absolute atomic E-state index is 0.129. The third kappa shape index (κ3) is 6.81. The summed E-state index contributed by atoms with van der Waals surface area (Å²) < 4.78 is 0.914. The molecule has 27 heavy (non-hydrogen) atoms. The van der Waals surface area contributed by atoms with Gasteiger partial charge in [0.15, 0.2) is 0 Å². The van der Waals surface area contributed by atoms with Crippen molar-refractivity contribution in [1.29, 1.82) is 0 Å². The first-order chi connectivity index (χ1) is 12.8. The molecule has 1 aromatic heterocycles. The van der Waals surface area contributed by atoms with Crippen molar-refractivity contribution >= 4 is 44.9 Å². The summed E-state index contributed by atoms with van der Waals surface area (Å²) in [5.41, 5.74) is 1.77. The number of carbonyl (C=O) groups is 3. The van der Waals surface area contributed by atoms with Crippen molar-refractivity contribution in [2.75, 3.05) is 13.1 Å². The Labute approximate surface area is 163 Å². The Morgan fingerprint density at radius 2 is 1.93 bits per heavy atom. The number of halogens is 1. The largest absolute Gasteiger partial charge is 0.465 e. The zero-order chi connectivity index (χ0) is 19.8. The average molecular weight is 441 g/mol. The molecule has 2 aromatic rings. The Morgan fingerprint density at radius 3 is 2.63 bits per heavy atom. The molecule has 0 spiro atoms. The summed E-state index contributed by atoms with van der Waals surface area (Å²) in [4.78, 5) is 36.7. The van der Waals surface area contributed by atoms with E-state index in [0.29, 0.717) is 12.8 Å². The number of H-pyrrole nitrogens is 1. The quantitative estimate of drug-likeness (QED) is 0.331. The second-order valence-electron chi connectivity index (χ2n) is 6.01. The van der Waals surface area contributed by atoms with Crippen molar-refractivity contribution in [2.24, 2.45) is 0 Å². The van der Waals surface area contributed by atoms with Crippen LogP contribution in [0.15, 0.2) is 28.9 Å². The van der Waals surface area contributed by atoms with Crippen molar-refractivity contribution in [2.45, 2.75) is 25.3 Å². The molecule has 1 heterocycles. The molecule has 1 aromatic carbocycles. The Morgan fingerprint density at radius 1 is 1.15 bits per heavy atom. The number of nitrogens with one attached hydrogen (secondary N) is 4. The fourth-order valence-corrected chi connectivity index (χ4v) is 3.07. The maximum absolute atomic E-state index is 12.2. The molecule has 0 unspecified atom stereocenters. The van der Waals surface area contributed by atoms with Crippen LogP contribution in [-0.2, 0) is 11.2 Å². The van der Waals surface area contributed by atoms with Gasteiger partial charge in [0.2, 0.25) is 5.91 Å². The van der Waals surface area contributed by atoms with E-state index in [4.69, 9.17) is 10.2 Å². The standard InChI is InChI=1S/C17H21BrN4O5/c18-11-3-4-14-13(7-11)10(8-20-14)6-15(23)21-9-12(22-17(26)27)2-1-5-19-16(24)25/h3-4,7-8,12,19-20,22H,1-2,5-6,9H2,(H,21,23)(H,24,25)(H,26,27)/t12-/m0/s1. The zero-order valence-electron chi connectivity index (χ0n) is 14.4. The van der Waals surface area contributed by atoms with E-state index in [1.54, 1.807) is 6.20 Å². The molecule has 0 fully saturated rings. The fourth-order valence-electron chi connectivity index (χ4n) is 2.71. The number of rotatable bonds is 9.